The average molecular weight is 417 g/mol. The van der Waals surface area contributed by atoms with Gasteiger partial charge >= 0.3 is 18.2 Å². The van der Waals surface area contributed by atoms with E-state index in [1.165, 1.54) is 0 Å². The van der Waals surface area contributed by atoms with E-state index in [4.69, 9.17) is 5.11 Å². The van der Waals surface area contributed by atoms with Crippen molar-refractivity contribution in [3.63, 3.8) is 0 Å². The Labute approximate surface area is 167 Å². The lowest BCUT2D eigenvalue weighted by molar-refractivity contribution is -0.138. The third-order valence-corrected chi connectivity index (χ3v) is 4.08. The summed E-state index contributed by atoms with van der Waals surface area (Å²) in [5.41, 5.74) is -0.700. The molecule has 0 radical (unpaired) electrons. The summed E-state index contributed by atoms with van der Waals surface area (Å²) in [6, 6.07) is 1.55. The highest BCUT2D eigenvalue weighted by molar-refractivity contribution is 5.96. The fraction of sp³-hybridized carbons (Fsp3) is 0.526. The van der Waals surface area contributed by atoms with E-state index in [0.29, 0.717) is 12.8 Å². The molecule has 0 aromatic heterocycles. The van der Waals surface area contributed by atoms with Crippen LogP contribution in [0.25, 0.3) is 0 Å². The molecule has 7 nitrogen and oxygen atoms in total. The molecule has 10 heteroatoms. The molecule has 0 bridgehead atoms. The number of carboxylic acids is 1. The first kappa shape index (κ1) is 24.4. The summed E-state index contributed by atoms with van der Waals surface area (Å²) >= 11 is 0. The first-order valence-electron chi connectivity index (χ1n) is 9.17. The van der Waals surface area contributed by atoms with Crippen molar-refractivity contribution in [1.82, 2.24) is 10.6 Å². The van der Waals surface area contributed by atoms with Gasteiger partial charge in [0.2, 0.25) is 0 Å². The van der Waals surface area contributed by atoms with Crippen LogP contribution in [0.4, 0.5) is 23.7 Å². The number of hydrogen-bond acceptors (Lipinski definition) is 4. The fourth-order valence-electron chi connectivity index (χ4n) is 2.69. The highest BCUT2D eigenvalue weighted by Crippen LogP contribution is 2.29. The number of carbonyl (C=O) groups is 3. The van der Waals surface area contributed by atoms with E-state index in [1.807, 2.05) is 13.8 Å². The molecule has 0 aliphatic carbocycles. The van der Waals surface area contributed by atoms with Crippen LogP contribution in [-0.4, -0.2) is 41.5 Å². The first-order valence-corrected chi connectivity index (χ1v) is 9.17. The van der Waals surface area contributed by atoms with Crippen LogP contribution < -0.4 is 16.0 Å². The van der Waals surface area contributed by atoms with Crippen molar-refractivity contribution in [2.24, 2.45) is 5.92 Å². The minimum Gasteiger partial charge on any atom is -0.480 e. The maximum Gasteiger partial charge on any atom is 0.416 e. The van der Waals surface area contributed by atoms with Gasteiger partial charge in [0.1, 0.15) is 0 Å². The van der Waals surface area contributed by atoms with Crippen molar-refractivity contribution in [3.8, 4) is 0 Å². The Balaban J connectivity index is 2.82. The summed E-state index contributed by atoms with van der Waals surface area (Å²) in [6.07, 6.45) is -3.82. The molecule has 2 atom stereocenters. The zero-order valence-electron chi connectivity index (χ0n) is 16.5. The molecule has 1 aromatic carbocycles. The van der Waals surface area contributed by atoms with E-state index < -0.39 is 42.4 Å². The van der Waals surface area contributed by atoms with Gasteiger partial charge in [-0.2, -0.15) is 13.2 Å². The van der Waals surface area contributed by atoms with Crippen LogP contribution in [0.1, 0.15) is 39.2 Å². The molecule has 0 saturated heterocycles. The Morgan fingerprint density at radius 3 is 2.10 bits per heavy atom. The van der Waals surface area contributed by atoms with E-state index in [0.717, 1.165) is 24.3 Å². The number of nitrogens with one attached hydrogen (secondary N) is 3. The van der Waals surface area contributed by atoms with Crippen molar-refractivity contribution in [1.29, 1.82) is 0 Å². The second-order valence-electron chi connectivity index (χ2n) is 6.99. The third kappa shape index (κ3) is 8.51. The normalized spacial score (nSPS) is 13.6. The van der Waals surface area contributed by atoms with Crippen LogP contribution in [0.2, 0.25) is 0 Å². The van der Waals surface area contributed by atoms with Gasteiger partial charge in [-0.25, -0.2) is 4.79 Å². The molecule has 0 saturated carbocycles. The number of hydrogen-bond donors (Lipinski definition) is 4. The van der Waals surface area contributed by atoms with Crippen molar-refractivity contribution >= 4 is 23.5 Å². The van der Waals surface area contributed by atoms with Gasteiger partial charge in [0, 0.05) is 5.69 Å². The number of urea groups is 1. The Bertz CT molecular complexity index is 706. The summed E-state index contributed by atoms with van der Waals surface area (Å²) in [7, 11) is 0. The highest BCUT2D eigenvalue weighted by Gasteiger charge is 2.30. The highest BCUT2D eigenvalue weighted by atomic mass is 19.4. The van der Waals surface area contributed by atoms with E-state index in [1.54, 1.807) is 6.92 Å². The molecule has 0 aliphatic rings. The predicted molar refractivity (Wildman–Crippen MR) is 102 cm³/mol. The lowest BCUT2D eigenvalue weighted by atomic mass is 9.95. The number of alkyl halides is 3. The van der Waals surface area contributed by atoms with Crippen LogP contribution in [-0.2, 0) is 15.8 Å². The van der Waals surface area contributed by atoms with Gasteiger partial charge in [0.25, 0.3) is 0 Å². The predicted octanol–water partition coefficient (Wildman–Crippen LogP) is 3.26. The summed E-state index contributed by atoms with van der Waals surface area (Å²) in [6.45, 7) is 5.05. The largest absolute Gasteiger partial charge is 0.480 e. The fourth-order valence-corrected chi connectivity index (χ4v) is 2.69. The van der Waals surface area contributed by atoms with Crippen LogP contribution in [0.5, 0.6) is 0 Å². The topological polar surface area (TPSA) is 108 Å². The van der Waals surface area contributed by atoms with E-state index in [9.17, 15) is 27.6 Å². The Morgan fingerprint density at radius 2 is 1.66 bits per heavy atom. The number of ketones is 1. The van der Waals surface area contributed by atoms with Gasteiger partial charge in [0.05, 0.1) is 24.2 Å². The summed E-state index contributed by atoms with van der Waals surface area (Å²) in [4.78, 5) is 35.7. The quantitative estimate of drug-likeness (QED) is 0.467. The van der Waals surface area contributed by atoms with Crippen molar-refractivity contribution in [3.05, 3.63) is 29.8 Å². The number of halogens is 3. The van der Waals surface area contributed by atoms with Crippen LogP contribution in [0.15, 0.2) is 24.3 Å². The molecule has 0 spiro atoms. The molecule has 29 heavy (non-hydrogen) atoms. The smallest absolute Gasteiger partial charge is 0.416 e. The Kier molecular flexibility index (Phi) is 9.09. The summed E-state index contributed by atoms with van der Waals surface area (Å²) in [5.74, 6) is -1.40. The van der Waals surface area contributed by atoms with E-state index in [-0.39, 0.29) is 17.4 Å². The number of anilines is 1. The number of carboxylic acid groups (broad SMARTS) is 1. The van der Waals surface area contributed by atoms with E-state index >= 15 is 0 Å². The Morgan fingerprint density at radius 1 is 1.07 bits per heavy atom. The number of aliphatic carboxylic acids is 1. The zero-order valence-corrected chi connectivity index (χ0v) is 16.5. The molecule has 2 amide bonds. The molecule has 0 heterocycles. The van der Waals surface area contributed by atoms with Gasteiger partial charge in [0.15, 0.2) is 5.78 Å². The lowest BCUT2D eigenvalue weighted by Gasteiger charge is -2.24. The van der Waals surface area contributed by atoms with E-state index in [2.05, 4.69) is 16.0 Å². The lowest BCUT2D eigenvalue weighted by Crippen LogP contribution is -2.51. The molecular weight excluding hydrogens is 391 g/mol. The second kappa shape index (κ2) is 10.8. The summed E-state index contributed by atoms with van der Waals surface area (Å²) < 4.78 is 37.8. The maximum absolute atomic E-state index is 12.7. The molecule has 1 rings (SSSR count). The number of amides is 2. The molecule has 1 unspecified atom stereocenters. The van der Waals surface area contributed by atoms with Crippen LogP contribution in [0, 0.1) is 5.92 Å². The third-order valence-electron chi connectivity index (χ3n) is 4.08. The Hall–Kier alpha value is -2.62. The number of benzene rings is 1. The minimum absolute atomic E-state index is 0.0623. The maximum atomic E-state index is 12.7. The molecule has 1 aromatic rings. The second-order valence-corrected chi connectivity index (χ2v) is 6.99. The standard InChI is InChI=1S/C19H26F3N3O4/c1-4-14(23-10-16(26)27)17(28)15(9-11(2)3)25-18(29)24-13-7-5-12(6-8-13)19(20,21)22/h5-8,11,14-15,23H,4,9-10H2,1-3H3,(H,26,27)(H2,24,25,29)/t14?,15-/m0/s1. The van der Waals surface area contributed by atoms with Gasteiger partial charge in [-0.05, 0) is 43.0 Å². The van der Waals surface area contributed by atoms with Gasteiger partial charge < -0.3 is 15.7 Å². The number of carbonyl (C=O) groups excluding carboxylic acids is 2. The molecule has 0 aliphatic heterocycles. The molecule has 162 valence electrons. The van der Waals surface area contributed by atoms with Gasteiger partial charge in [-0.3, -0.25) is 14.9 Å². The van der Waals surface area contributed by atoms with Crippen LogP contribution in [0.3, 0.4) is 0 Å². The molecular formula is C19H26F3N3O4. The molecule has 4 N–H and O–H groups in total. The van der Waals surface area contributed by atoms with Crippen molar-refractivity contribution in [2.75, 3.05) is 11.9 Å². The van der Waals surface area contributed by atoms with Gasteiger partial charge in [-0.15, -0.1) is 0 Å². The summed E-state index contributed by atoms with van der Waals surface area (Å²) in [5, 5.41) is 16.4. The van der Waals surface area contributed by atoms with Crippen LogP contribution >= 0.6 is 0 Å². The average Bonchev–Trinajstić information content (AvgIpc) is 2.60. The SMILES string of the molecule is CCC(NCC(=O)O)C(=O)[C@H](CC(C)C)NC(=O)Nc1ccc(C(F)(F)F)cc1. The number of Topliss-reactive ketones (excluding diaryl/α,β-unsaturated/α-hetero) is 1. The molecule has 0 fully saturated rings. The van der Waals surface area contributed by atoms with Crippen molar-refractivity contribution in [2.45, 2.75) is 51.9 Å². The van der Waals surface area contributed by atoms with Crippen molar-refractivity contribution < 1.29 is 32.7 Å². The number of rotatable bonds is 10. The van der Waals surface area contributed by atoms with Gasteiger partial charge in [-0.1, -0.05) is 20.8 Å². The minimum atomic E-state index is -4.48. The first-order chi connectivity index (χ1) is 13.4. The zero-order chi connectivity index (χ0) is 22.2. The monoisotopic (exact) mass is 417 g/mol.